The van der Waals surface area contributed by atoms with Gasteiger partial charge in [-0.1, -0.05) is 18.9 Å². The number of esters is 1. The molecule has 0 spiro atoms. The summed E-state index contributed by atoms with van der Waals surface area (Å²) in [5.74, 6) is -0.104. The average molecular weight is 431 g/mol. The first-order chi connectivity index (χ1) is 13.8. The number of nitrogens with one attached hydrogen (secondary N) is 1. The first-order valence-corrected chi connectivity index (χ1v) is 11.7. The standard InChI is InChI=1S/C20H31FN2O5S/c1-15(23-29(25,26)12-4-2-3-10-28-20(24)14-22)17-7-8-18(21)19(13-17)27-11-9-16-5-6-16/h7-8,13,15-16,23H,2-6,9-12,14,22H2,1H3/t15-/m0/s1. The molecule has 1 fully saturated rings. The summed E-state index contributed by atoms with van der Waals surface area (Å²) >= 11 is 0. The van der Waals surface area contributed by atoms with Crippen LogP contribution in [0.25, 0.3) is 0 Å². The third-order valence-corrected chi connectivity index (χ3v) is 6.32. The van der Waals surface area contributed by atoms with Gasteiger partial charge in [-0.25, -0.2) is 17.5 Å². The Labute approximate surface area is 172 Å². The fourth-order valence-electron chi connectivity index (χ4n) is 2.85. The van der Waals surface area contributed by atoms with Gasteiger partial charge < -0.3 is 15.2 Å². The minimum Gasteiger partial charge on any atom is -0.490 e. The molecule has 0 aliphatic heterocycles. The van der Waals surface area contributed by atoms with E-state index >= 15 is 0 Å². The Bertz CT molecular complexity index is 768. The van der Waals surface area contributed by atoms with Gasteiger partial charge in [0.2, 0.25) is 10.0 Å². The van der Waals surface area contributed by atoms with Gasteiger partial charge in [0.05, 0.1) is 25.5 Å². The van der Waals surface area contributed by atoms with Crippen LogP contribution in [0.1, 0.15) is 57.1 Å². The maximum Gasteiger partial charge on any atom is 0.319 e. The van der Waals surface area contributed by atoms with Gasteiger partial charge in [-0.3, -0.25) is 4.79 Å². The number of carbonyl (C=O) groups excluding carboxylic acids is 1. The molecule has 1 aromatic rings. The van der Waals surface area contributed by atoms with E-state index in [0.29, 0.717) is 37.4 Å². The van der Waals surface area contributed by atoms with Crippen molar-refractivity contribution >= 4 is 16.0 Å². The molecule has 1 aliphatic rings. The first kappa shape index (κ1) is 23.6. The highest BCUT2D eigenvalue weighted by Crippen LogP contribution is 2.32. The number of hydrogen-bond acceptors (Lipinski definition) is 6. The summed E-state index contributed by atoms with van der Waals surface area (Å²) in [6.45, 7) is 2.25. The van der Waals surface area contributed by atoms with Crippen molar-refractivity contribution in [1.82, 2.24) is 4.72 Å². The van der Waals surface area contributed by atoms with E-state index in [1.165, 1.54) is 18.9 Å². The molecule has 0 unspecified atom stereocenters. The summed E-state index contributed by atoms with van der Waals surface area (Å²) in [5.41, 5.74) is 5.77. The van der Waals surface area contributed by atoms with Crippen molar-refractivity contribution in [3.05, 3.63) is 29.6 Å². The zero-order valence-corrected chi connectivity index (χ0v) is 17.7. The third kappa shape index (κ3) is 9.10. The van der Waals surface area contributed by atoms with Crippen molar-refractivity contribution in [2.45, 2.75) is 51.5 Å². The van der Waals surface area contributed by atoms with Crippen LogP contribution in [0.2, 0.25) is 0 Å². The van der Waals surface area contributed by atoms with Crippen LogP contribution in [0, 0.1) is 11.7 Å². The maximum absolute atomic E-state index is 14.0. The van der Waals surface area contributed by atoms with Crippen LogP contribution >= 0.6 is 0 Å². The molecule has 7 nitrogen and oxygen atoms in total. The topological polar surface area (TPSA) is 108 Å². The number of nitrogens with two attached hydrogens (primary N) is 1. The molecule has 0 radical (unpaired) electrons. The molecule has 164 valence electrons. The maximum atomic E-state index is 14.0. The van der Waals surface area contributed by atoms with Crippen molar-refractivity contribution in [1.29, 1.82) is 0 Å². The number of halogens is 1. The first-order valence-electron chi connectivity index (χ1n) is 10.1. The van der Waals surface area contributed by atoms with Gasteiger partial charge in [-0.15, -0.1) is 0 Å². The van der Waals surface area contributed by atoms with Gasteiger partial charge in [0.25, 0.3) is 0 Å². The SMILES string of the molecule is C[C@H](NS(=O)(=O)CCCCCOC(=O)CN)c1ccc(F)c(OCCC2CC2)c1. The Kier molecular flexibility index (Phi) is 9.32. The second-order valence-corrected chi connectivity index (χ2v) is 9.29. The smallest absolute Gasteiger partial charge is 0.319 e. The van der Waals surface area contributed by atoms with Gasteiger partial charge in [0, 0.05) is 6.04 Å². The van der Waals surface area contributed by atoms with Gasteiger partial charge >= 0.3 is 5.97 Å². The lowest BCUT2D eigenvalue weighted by Gasteiger charge is -2.16. The Hall–Kier alpha value is -1.71. The monoisotopic (exact) mass is 430 g/mol. The quantitative estimate of drug-likeness (QED) is 0.347. The molecule has 0 heterocycles. The molecule has 0 saturated heterocycles. The molecule has 0 aromatic heterocycles. The molecule has 9 heteroatoms. The summed E-state index contributed by atoms with van der Waals surface area (Å²) in [7, 11) is -3.49. The highest BCUT2D eigenvalue weighted by Gasteiger charge is 2.21. The normalized spacial score (nSPS) is 15.1. The highest BCUT2D eigenvalue weighted by atomic mass is 32.2. The minimum atomic E-state index is -3.49. The lowest BCUT2D eigenvalue weighted by Crippen LogP contribution is -2.29. The molecule has 1 aliphatic carbocycles. The number of benzene rings is 1. The highest BCUT2D eigenvalue weighted by molar-refractivity contribution is 7.89. The van der Waals surface area contributed by atoms with Gasteiger partial charge in [0.1, 0.15) is 0 Å². The largest absolute Gasteiger partial charge is 0.490 e. The molecule has 2 rings (SSSR count). The summed E-state index contributed by atoms with van der Waals surface area (Å²) < 4.78 is 51.5. The van der Waals surface area contributed by atoms with Gasteiger partial charge in [0.15, 0.2) is 11.6 Å². The summed E-state index contributed by atoms with van der Waals surface area (Å²) in [4.78, 5) is 10.9. The zero-order chi connectivity index (χ0) is 21.3. The molecule has 1 atom stereocenters. The van der Waals surface area contributed by atoms with Crippen molar-refractivity contribution in [3.63, 3.8) is 0 Å². The van der Waals surface area contributed by atoms with Gasteiger partial charge in [-0.05, 0) is 56.2 Å². The lowest BCUT2D eigenvalue weighted by atomic mass is 10.1. The molecule has 3 N–H and O–H groups in total. The zero-order valence-electron chi connectivity index (χ0n) is 16.9. The lowest BCUT2D eigenvalue weighted by molar-refractivity contribution is -0.142. The number of hydrogen-bond donors (Lipinski definition) is 2. The molecule has 0 amide bonds. The molecule has 0 bridgehead atoms. The fraction of sp³-hybridized carbons (Fsp3) is 0.650. The van der Waals surface area contributed by atoms with E-state index in [4.69, 9.17) is 15.2 Å². The Morgan fingerprint density at radius 2 is 2.03 bits per heavy atom. The van der Waals surface area contributed by atoms with E-state index in [1.807, 2.05) is 0 Å². The van der Waals surface area contributed by atoms with Crippen molar-refractivity contribution < 1.29 is 27.1 Å². The number of carbonyl (C=O) groups is 1. The van der Waals surface area contributed by atoms with Crippen LogP contribution in [-0.4, -0.2) is 39.9 Å². The second kappa shape index (κ2) is 11.5. The number of sulfonamides is 1. The van der Waals surface area contributed by atoms with Crippen molar-refractivity contribution in [2.75, 3.05) is 25.5 Å². The predicted molar refractivity (Wildman–Crippen MR) is 108 cm³/mol. The fourth-order valence-corrected chi connectivity index (χ4v) is 4.23. The number of unbranched alkanes of at least 4 members (excludes halogenated alkanes) is 2. The van der Waals surface area contributed by atoms with Crippen LogP contribution in [0.15, 0.2) is 18.2 Å². The Morgan fingerprint density at radius 1 is 1.28 bits per heavy atom. The van der Waals surface area contributed by atoms with Gasteiger partial charge in [-0.2, -0.15) is 0 Å². The van der Waals surface area contributed by atoms with Crippen LogP contribution in [-0.2, 0) is 19.6 Å². The molecular weight excluding hydrogens is 399 g/mol. The average Bonchev–Trinajstić information content (AvgIpc) is 3.49. The summed E-state index contributed by atoms with van der Waals surface area (Å²) in [6, 6.07) is 3.91. The van der Waals surface area contributed by atoms with Crippen LogP contribution < -0.4 is 15.2 Å². The van der Waals surface area contributed by atoms with Crippen LogP contribution in [0.5, 0.6) is 5.75 Å². The van der Waals surface area contributed by atoms with E-state index in [-0.39, 0.29) is 24.7 Å². The van der Waals surface area contributed by atoms with E-state index in [9.17, 15) is 17.6 Å². The van der Waals surface area contributed by atoms with Crippen molar-refractivity contribution in [3.8, 4) is 5.75 Å². The number of ether oxygens (including phenoxy) is 2. The molecular formula is C20H31FN2O5S. The van der Waals surface area contributed by atoms with E-state index in [0.717, 1.165) is 6.42 Å². The summed E-state index contributed by atoms with van der Waals surface area (Å²) in [6.07, 6.45) is 4.98. The second-order valence-electron chi connectivity index (χ2n) is 7.41. The minimum absolute atomic E-state index is 0.0336. The van der Waals surface area contributed by atoms with Crippen molar-refractivity contribution in [2.24, 2.45) is 11.7 Å². The van der Waals surface area contributed by atoms with E-state index in [1.54, 1.807) is 19.1 Å². The van der Waals surface area contributed by atoms with E-state index in [2.05, 4.69) is 4.72 Å². The van der Waals surface area contributed by atoms with Crippen LogP contribution in [0.3, 0.4) is 0 Å². The molecule has 29 heavy (non-hydrogen) atoms. The number of rotatable bonds is 14. The van der Waals surface area contributed by atoms with E-state index < -0.39 is 27.9 Å². The predicted octanol–water partition coefficient (Wildman–Crippen LogP) is 2.66. The summed E-state index contributed by atoms with van der Waals surface area (Å²) in [5, 5.41) is 0. The molecule has 1 aromatic carbocycles. The molecule has 1 saturated carbocycles. The van der Waals surface area contributed by atoms with Crippen LogP contribution in [0.4, 0.5) is 4.39 Å². The Balaban J connectivity index is 1.76. The Morgan fingerprint density at radius 3 is 2.72 bits per heavy atom. The third-order valence-electron chi connectivity index (χ3n) is 4.78.